The summed E-state index contributed by atoms with van der Waals surface area (Å²) in [5.41, 5.74) is 1.33. The van der Waals surface area contributed by atoms with Crippen molar-refractivity contribution in [3.63, 3.8) is 0 Å². The van der Waals surface area contributed by atoms with Gasteiger partial charge in [0.25, 0.3) is 0 Å². The summed E-state index contributed by atoms with van der Waals surface area (Å²) in [6.45, 7) is 0. The minimum Gasteiger partial charge on any atom is -0.549 e. The van der Waals surface area contributed by atoms with E-state index >= 15 is 0 Å². The Balaban J connectivity index is 0.000000845. The summed E-state index contributed by atoms with van der Waals surface area (Å²) in [7, 11) is 0. The molecule has 1 aromatic heterocycles. The first kappa shape index (κ1) is 10.3. The van der Waals surface area contributed by atoms with Crippen LogP contribution < -0.4 is 24.0 Å². The molecule has 1 aliphatic rings. The molecule has 0 saturated heterocycles. The third-order valence-electron chi connectivity index (χ3n) is 2.17. The van der Waals surface area contributed by atoms with E-state index in [0.717, 1.165) is 18.5 Å². The van der Waals surface area contributed by atoms with Gasteiger partial charge >= 0.3 is 18.9 Å². The number of nitrogens with one attached hydrogen (secondary N) is 1. The molecule has 0 aromatic carbocycles. The van der Waals surface area contributed by atoms with E-state index in [-0.39, 0.29) is 18.9 Å². The minimum atomic E-state index is -1.05. The van der Waals surface area contributed by atoms with Crippen molar-refractivity contribution in [3.8, 4) is 0 Å². The molecule has 2 rings (SSSR count). The van der Waals surface area contributed by atoms with E-state index in [1.807, 2.05) is 0 Å². The first-order valence-electron chi connectivity index (χ1n) is 3.89. The van der Waals surface area contributed by atoms with Crippen molar-refractivity contribution in [3.05, 3.63) is 11.4 Å². The van der Waals surface area contributed by atoms with Crippen LogP contribution in [0.3, 0.4) is 0 Å². The van der Waals surface area contributed by atoms with Gasteiger partial charge in [-0.2, -0.15) is 15.4 Å². The molecule has 1 unspecified atom stereocenters. The number of nitrogens with zero attached hydrogens (tertiary/aromatic N) is 2. The Bertz CT molecular complexity index is 312. The topological polar surface area (TPSA) is 81.7 Å². The zero-order valence-electron chi connectivity index (χ0n) is 7.41. The second kappa shape index (κ2) is 3.94. The molecule has 1 aliphatic carbocycles. The summed E-state index contributed by atoms with van der Waals surface area (Å²) in [5.74, 6) is -1.61. The molecule has 0 bridgehead atoms. The smallest absolute Gasteiger partial charge is 0.549 e. The number of fused-ring (bicyclic) bond motifs is 1. The van der Waals surface area contributed by atoms with Gasteiger partial charge in [0.1, 0.15) is 0 Å². The fourth-order valence-electron chi connectivity index (χ4n) is 1.56. The van der Waals surface area contributed by atoms with Crippen LogP contribution in [0, 0.1) is 0 Å². The van der Waals surface area contributed by atoms with Gasteiger partial charge in [-0.05, 0) is 19.3 Å². The van der Waals surface area contributed by atoms with Crippen molar-refractivity contribution in [2.24, 2.45) is 0 Å². The van der Waals surface area contributed by atoms with Crippen molar-refractivity contribution in [1.82, 2.24) is 15.4 Å². The van der Waals surface area contributed by atoms with Crippen molar-refractivity contribution < 1.29 is 28.8 Å². The molecule has 0 spiro atoms. The number of aliphatic carboxylic acids is 1. The van der Waals surface area contributed by atoms with E-state index < -0.39 is 11.9 Å². The summed E-state index contributed by atoms with van der Waals surface area (Å²) in [4.78, 5) is 10.6. The molecule has 0 radical (unpaired) electrons. The number of carbonyl (C=O) groups is 1. The number of hydrogen-bond donors (Lipinski definition) is 1. The van der Waals surface area contributed by atoms with E-state index in [1.165, 1.54) is 0 Å². The standard InChI is InChI=1S/C7H9N3O2.Li/c11-7(12)4-2-1-3-5-6(4)9-10-8-5;/h4H,1-3H2,(H,11,12)(H,8,9,10);/q;+1/p-1. The van der Waals surface area contributed by atoms with E-state index in [2.05, 4.69) is 15.4 Å². The molecule has 1 aromatic rings. The van der Waals surface area contributed by atoms with Gasteiger partial charge in [0.2, 0.25) is 0 Å². The van der Waals surface area contributed by atoms with Crippen molar-refractivity contribution in [2.45, 2.75) is 25.2 Å². The average molecular weight is 173 g/mol. The van der Waals surface area contributed by atoms with Crippen LogP contribution in [0.25, 0.3) is 0 Å². The number of aromatic nitrogens is 3. The van der Waals surface area contributed by atoms with Gasteiger partial charge in [0, 0.05) is 5.92 Å². The Labute approximate surface area is 87.1 Å². The number of carboxylic acids is 1. The molecule has 1 heterocycles. The van der Waals surface area contributed by atoms with Crippen LogP contribution >= 0.6 is 0 Å². The number of aryl methyl sites for hydroxylation is 1. The maximum absolute atomic E-state index is 10.6. The maximum Gasteiger partial charge on any atom is 1.00 e. The zero-order valence-corrected chi connectivity index (χ0v) is 7.41. The van der Waals surface area contributed by atoms with Gasteiger partial charge in [-0.15, -0.1) is 0 Å². The monoisotopic (exact) mass is 173 g/mol. The van der Waals surface area contributed by atoms with Crippen LogP contribution in [0.5, 0.6) is 0 Å². The molecule has 0 saturated carbocycles. The number of carbonyl (C=O) groups excluding carboxylic acids is 1. The molecular weight excluding hydrogens is 165 g/mol. The quantitative estimate of drug-likeness (QED) is 0.438. The molecule has 5 nitrogen and oxygen atoms in total. The summed E-state index contributed by atoms with van der Waals surface area (Å²) < 4.78 is 0. The first-order valence-corrected chi connectivity index (χ1v) is 3.89. The van der Waals surface area contributed by atoms with Gasteiger partial charge < -0.3 is 9.90 Å². The Morgan fingerprint density at radius 3 is 3.00 bits per heavy atom. The van der Waals surface area contributed by atoms with Crippen LogP contribution in [0.1, 0.15) is 30.1 Å². The third kappa shape index (κ3) is 1.76. The fraction of sp³-hybridized carbons (Fsp3) is 0.571. The Morgan fingerprint density at radius 2 is 2.31 bits per heavy atom. The summed E-state index contributed by atoms with van der Waals surface area (Å²) in [6.07, 6.45) is 2.27. The van der Waals surface area contributed by atoms with Crippen LogP contribution in [0.15, 0.2) is 0 Å². The fourth-order valence-corrected chi connectivity index (χ4v) is 1.56. The summed E-state index contributed by atoms with van der Waals surface area (Å²) in [5, 5.41) is 20.7. The summed E-state index contributed by atoms with van der Waals surface area (Å²) in [6, 6.07) is 0. The van der Waals surface area contributed by atoms with Gasteiger partial charge in [-0.1, -0.05) is 0 Å². The van der Waals surface area contributed by atoms with E-state index in [0.29, 0.717) is 12.1 Å². The molecule has 0 fully saturated rings. The van der Waals surface area contributed by atoms with Crippen LogP contribution in [-0.2, 0) is 11.2 Å². The molecular formula is C7H8LiN3O2. The maximum atomic E-state index is 10.6. The molecule has 13 heavy (non-hydrogen) atoms. The first-order chi connectivity index (χ1) is 5.79. The van der Waals surface area contributed by atoms with Crippen LogP contribution in [0.2, 0.25) is 0 Å². The number of hydrogen-bond acceptors (Lipinski definition) is 4. The molecule has 1 N–H and O–H groups in total. The van der Waals surface area contributed by atoms with Gasteiger partial charge in [0.15, 0.2) is 0 Å². The predicted molar refractivity (Wildman–Crippen MR) is 37.1 cm³/mol. The SMILES string of the molecule is O=C([O-])C1CCCc2n[nH]nc21.[Li+]. The summed E-state index contributed by atoms with van der Waals surface area (Å²) >= 11 is 0. The number of carboxylic acid groups (broad SMARTS) is 1. The van der Waals surface area contributed by atoms with E-state index in [4.69, 9.17) is 0 Å². The Morgan fingerprint density at radius 1 is 1.54 bits per heavy atom. The number of H-pyrrole nitrogens is 1. The molecule has 6 heteroatoms. The zero-order chi connectivity index (χ0) is 8.55. The van der Waals surface area contributed by atoms with Gasteiger partial charge in [0.05, 0.1) is 17.4 Å². The second-order valence-electron chi connectivity index (χ2n) is 2.92. The average Bonchev–Trinajstić information content (AvgIpc) is 2.49. The second-order valence-corrected chi connectivity index (χ2v) is 2.92. The number of aromatic amines is 1. The van der Waals surface area contributed by atoms with Gasteiger partial charge in [-0.3, -0.25) is 0 Å². The molecule has 64 valence electrons. The molecule has 1 atom stereocenters. The minimum absolute atomic E-state index is 0. The predicted octanol–water partition coefficient (Wildman–Crippen LogP) is -4.02. The van der Waals surface area contributed by atoms with Crippen LogP contribution in [-0.4, -0.2) is 21.4 Å². The van der Waals surface area contributed by atoms with Crippen molar-refractivity contribution in [2.75, 3.05) is 0 Å². The Hall–Kier alpha value is -0.793. The number of rotatable bonds is 1. The molecule has 0 amide bonds. The van der Waals surface area contributed by atoms with Gasteiger partial charge in [-0.25, -0.2) is 0 Å². The largest absolute Gasteiger partial charge is 1.00 e. The third-order valence-corrected chi connectivity index (χ3v) is 2.17. The van der Waals surface area contributed by atoms with Crippen molar-refractivity contribution in [1.29, 1.82) is 0 Å². The van der Waals surface area contributed by atoms with Crippen molar-refractivity contribution >= 4 is 5.97 Å². The normalized spacial score (nSPS) is 20.2. The van der Waals surface area contributed by atoms with E-state index in [1.54, 1.807) is 0 Å². The van der Waals surface area contributed by atoms with E-state index in [9.17, 15) is 9.90 Å². The molecule has 0 aliphatic heterocycles. The Kier molecular flexibility index (Phi) is 3.12. The van der Waals surface area contributed by atoms with Crippen LogP contribution in [0.4, 0.5) is 0 Å².